The van der Waals surface area contributed by atoms with Gasteiger partial charge in [0, 0.05) is 17.6 Å². The van der Waals surface area contributed by atoms with Crippen LogP contribution in [0.1, 0.15) is 57.1 Å². The van der Waals surface area contributed by atoms with Crippen LogP contribution < -0.4 is 10.5 Å². The molecule has 0 radical (unpaired) electrons. The molecule has 0 fully saturated rings. The summed E-state index contributed by atoms with van der Waals surface area (Å²) < 4.78 is 33.7. The van der Waals surface area contributed by atoms with Crippen LogP contribution in [-0.4, -0.2) is 14.0 Å². The van der Waals surface area contributed by atoms with E-state index in [0.29, 0.717) is 17.1 Å². The summed E-state index contributed by atoms with van der Waals surface area (Å²) in [6.07, 6.45) is 2.23. The van der Waals surface area contributed by atoms with Crippen LogP contribution in [0.5, 0.6) is 0 Å². The second-order valence-corrected chi connectivity index (χ2v) is 6.79. The number of nitrogens with one attached hydrogen (secondary N) is 1. The number of hydrogen-bond acceptors (Lipinski definition) is 4. The fourth-order valence-electron chi connectivity index (χ4n) is 2.60. The lowest BCUT2D eigenvalue weighted by atomic mass is 9.91. The van der Waals surface area contributed by atoms with E-state index >= 15 is 0 Å². The third-order valence-electron chi connectivity index (χ3n) is 4.18. The van der Waals surface area contributed by atoms with E-state index in [-0.39, 0.29) is 11.4 Å². The van der Waals surface area contributed by atoms with Crippen molar-refractivity contribution >= 4 is 10.0 Å². The molecule has 1 aromatic rings. The van der Waals surface area contributed by atoms with Gasteiger partial charge in [-0.3, -0.25) is 0 Å². The summed E-state index contributed by atoms with van der Waals surface area (Å²) in [6.45, 7) is 9.52. The minimum atomic E-state index is -3.63. The van der Waals surface area contributed by atoms with Crippen molar-refractivity contribution in [2.45, 2.75) is 70.9 Å². The summed E-state index contributed by atoms with van der Waals surface area (Å²) in [5.74, 6) is 0.966. The van der Waals surface area contributed by atoms with Gasteiger partial charge in [-0.05, 0) is 33.1 Å². The Morgan fingerprint density at radius 3 is 2.00 bits per heavy atom. The van der Waals surface area contributed by atoms with E-state index in [4.69, 9.17) is 10.2 Å². The van der Waals surface area contributed by atoms with Gasteiger partial charge in [-0.1, -0.05) is 20.8 Å². The Morgan fingerprint density at radius 1 is 1.10 bits per heavy atom. The van der Waals surface area contributed by atoms with E-state index in [0.717, 1.165) is 19.3 Å². The highest BCUT2D eigenvalue weighted by molar-refractivity contribution is 7.89. The van der Waals surface area contributed by atoms with Crippen molar-refractivity contribution in [2.75, 3.05) is 0 Å². The summed E-state index contributed by atoms with van der Waals surface area (Å²) in [5, 5.41) is 0. The fraction of sp³-hybridized carbons (Fsp3) is 0.714. The van der Waals surface area contributed by atoms with Crippen LogP contribution in [0, 0.1) is 13.8 Å². The van der Waals surface area contributed by atoms with Crippen LogP contribution in [-0.2, 0) is 16.6 Å². The summed E-state index contributed by atoms with van der Waals surface area (Å²) >= 11 is 0. The first-order valence-electron chi connectivity index (χ1n) is 7.09. The summed E-state index contributed by atoms with van der Waals surface area (Å²) in [6, 6.07) is 0. The largest absolute Gasteiger partial charge is 0.465 e. The lowest BCUT2D eigenvalue weighted by Crippen LogP contribution is -2.47. The molecule has 0 unspecified atom stereocenters. The number of hydrogen-bond donors (Lipinski definition) is 2. The molecule has 0 bridgehead atoms. The van der Waals surface area contributed by atoms with Gasteiger partial charge in [0.2, 0.25) is 10.0 Å². The van der Waals surface area contributed by atoms with Crippen LogP contribution >= 0.6 is 0 Å². The SMILES string of the molecule is CCC(CC)(CC)NS(=O)(=O)c1c(C)oc(C)c1CN. The van der Waals surface area contributed by atoms with Crippen molar-refractivity contribution < 1.29 is 12.8 Å². The molecule has 0 saturated carbocycles. The van der Waals surface area contributed by atoms with Crippen LogP contribution in [0.4, 0.5) is 0 Å². The van der Waals surface area contributed by atoms with E-state index in [1.807, 2.05) is 20.8 Å². The number of furan rings is 1. The second-order valence-electron chi connectivity index (χ2n) is 5.17. The predicted molar refractivity (Wildman–Crippen MR) is 80.0 cm³/mol. The molecule has 116 valence electrons. The third kappa shape index (κ3) is 3.07. The Bertz CT molecular complexity index is 549. The molecule has 1 rings (SSSR count). The predicted octanol–water partition coefficient (Wildman–Crippen LogP) is 2.60. The van der Waals surface area contributed by atoms with Crippen LogP contribution in [0.3, 0.4) is 0 Å². The molecule has 0 atom stereocenters. The average molecular weight is 302 g/mol. The van der Waals surface area contributed by atoms with Crippen molar-refractivity contribution in [3.05, 3.63) is 17.1 Å². The van der Waals surface area contributed by atoms with E-state index in [9.17, 15) is 8.42 Å². The number of nitrogens with two attached hydrogens (primary N) is 1. The van der Waals surface area contributed by atoms with E-state index < -0.39 is 15.6 Å². The van der Waals surface area contributed by atoms with Gasteiger partial charge in [0.15, 0.2) is 0 Å². The third-order valence-corrected chi connectivity index (χ3v) is 5.95. The lowest BCUT2D eigenvalue weighted by Gasteiger charge is -2.31. The zero-order valence-electron chi connectivity index (χ0n) is 13.0. The molecular weight excluding hydrogens is 276 g/mol. The van der Waals surface area contributed by atoms with Gasteiger partial charge < -0.3 is 10.2 Å². The van der Waals surface area contributed by atoms with Gasteiger partial charge in [0.1, 0.15) is 16.4 Å². The molecular formula is C14H26N2O3S. The summed E-state index contributed by atoms with van der Waals surface area (Å²) in [4.78, 5) is 0.206. The first-order chi connectivity index (χ1) is 9.26. The Kier molecular flexibility index (Phi) is 5.40. The van der Waals surface area contributed by atoms with Crippen molar-refractivity contribution in [3.8, 4) is 0 Å². The summed E-state index contributed by atoms with van der Waals surface area (Å²) in [7, 11) is -3.63. The highest BCUT2D eigenvalue weighted by Gasteiger charge is 2.34. The zero-order valence-corrected chi connectivity index (χ0v) is 13.9. The topological polar surface area (TPSA) is 85.3 Å². The highest BCUT2D eigenvalue weighted by atomic mass is 32.2. The molecule has 6 heteroatoms. The maximum absolute atomic E-state index is 12.7. The quantitative estimate of drug-likeness (QED) is 0.810. The molecule has 5 nitrogen and oxygen atoms in total. The van der Waals surface area contributed by atoms with E-state index in [1.54, 1.807) is 13.8 Å². The summed E-state index contributed by atoms with van der Waals surface area (Å²) in [5.41, 5.74) is 5.82. The lowest BCUT2D eigenvalue weighted by molar-refractivity contribution is 0.341. The van der Waals surface area contributed by atoms with Gasteiger partial charge in [0.05, 0.1) is 0 Å². The Balaban J connectivity index is 3.31. The van der Waals surface area contributed by atoms with Gasteiger partial charge in [-0.2, -0.15) is 0 Å². The molecule has 20 heavy (non-hydrogen) atoms. The van der Waals surface area contributed by atoms with Gasteiger partial charge in [-0.25, -0.2) is 13.1 Å². The molecule has 1 heterocycles. The maximum atomic E-state index is 12.7. The number of aryl methyl sites for hydroxylation is 2. The van der Waals surface area contributed by atoms with Crippen LogP contribution in [0.25, 0.3) is 0 Å². The van der Waals surface area contributed by atoms with Gasteiger partial charge in [-0.15, -0.1) is 0 Å². The standard InChI is InChI=1S/C14H26N2O3S/c1-6-14(7-2,8-3)16-20(17,18)13-11(5)19-10(4)12(13)9-15/h16H,6-9,15H2,1-5H3. The zero-order chi connectivity index (χ0) is 15.6. The fourth-order valence-corrected chi connectivity index (χ4v) is 4.68. The molecule has 0 aliphatic carbocycles. The Morgan fingerprint density at radius 2 is 1.60 bits per heavy atom. The smallest absolute Gasteiger partial charge is 0.244 e. The highest BCUT2D eigenvalue weighted by Crippen LogP contribution is 2.29. The van der Waals surface area contributed by atoms with Crippen LogP contribution in [0.2, 0.25) is 0 Å². The average Bonchev–Trinajstić information content (AvgIpc) is 2.70. The molecule has 0 amide bonds. The van der Waals surface area contributed by atoms with Gasteiger partial charge in [0.25, 0.3) is 0 Å². The number of sulfonamides is 1. The Hall–Kier alpha value is -0.850. The second kappa shape index (κ2) is 6.28. The molecule has 0 aromatic carbocycles. The Labute approximate surface area is 122 Å². The monoisotopic (exact) mass is 302 g/mol. The van der Waals surface area contributed by atoms with Crippen molar-refractivity contribution in [1.82, 2.24) is 4.72 Å². The minimum absolute atomic E-state index is 0.150. The first-order valence-corrected chi connectivity index (χ1v) is 8.58. The molecule has 0 spiro atoms. The van der Waals surface area contributed by atoms with Gasteiger partial charge >= 0.3 is 0 Å². The minimum Gasteiger partial charge on any atom is -0.465 e. The normalized spacial score (nSPS) is 12.9. The van der Waals surface area contributed by atoms with Crippen molar-refractivity contribution in [1.29, 1.82) is 0 Å². The molecule has 0 saturated heterocycles. The molecule has 1 aromatic heterocycles. The molecule has 0 aliphatic heterocycles. The van der Waals surface area contributed by atoms with E-state index in [2.05, 4.69) is 4.72 Å². The van der Waals surface area contributed by atoms with Crippen molar-refractivity contribution in [3.63, 3.8) is 0 Å². The van der Waals surface area contributed by atoms with Crippen LogP contribution in [0.15, 0.2) is 9.31 Å². The maximum Gasteiger partial charge on any atom is 0.244 e. The van der Waals surface area contributed by atoms with E-state index in [1.165, 1.54) is 0 Å². The van der Waals surface area contributed by atoms with Crippen molar-refractivity contribution in [2.24, 2.45) is 5.73 Å². The number of rotatable bonds is 7. The molecule has 0 aliphatic rings. The first kappa shape index (κ1) is 17.2. The molecule has 3 N–H and O–H groups in total.